The molecule has 1 aromatic heterocycles. The number of nitrogens with one attached hydrogen (secondary N) is 5. The van der Waals surface area contributed by atoms with E-state index in [1.807, 2.05) is 80.7 Å². The zero-order valence-corrected chi connectivity index (χ0v) is 30.2. The molecule has 1 heterocycles. The van der Waals surface area contributed by atoms with Gasteiger partial charge < -0.3 is 26.3 Å². The summed E-state index contributed by atoms with van der Waals surface area (Å²) in [5.74, 6) is -0.770. The third kappa shape index (κ3) is 11.3. The van der Waals surface area contributed by atoms with Crippen LogP contribution in [0.1, 0.15) is 62.6 Å². The summed E-state index contributed by atoms with van der Waals surface area (Å²) in [5.41, 5.74) is 4.30. The maximum Gasteiger partial charge on any atom is 0.224 e. The standard InChI is InChI=1S/C43H53N5O3/c1-30(42(50)44-3)23-38(17-11-12-22-45-28-32-13-5-4-6-14-32)48-43(51)36(27-37-29-46-40-19-10-9-18-39(37)40)24-31(2)47-41(49)26-33-20-21-34-15-7-8-16-35(34)25-33/h4-10,13-16,18-21,25,29-31,36,38,45-46H,11-12,17,22-24,26-28H2,1-3H3,(H,44,50)(H,47,49)(H,48,51)/t30-,31+,36-,38+/m1/s1. The number of rotatable bonds is 19. The van der Waals surface area contributed by atoms with E-state index < -0.39 is 0 Å². The van der Waals surface area contributed by atoms with Crippen LogP contribution in [-0.4, -0.2) is 48.4 Å². The Kier molecular flexibility index (Phi) is 13.8. The van der Waals surface area contributed by atoms with Crippen molar-refractivity contribution in [1.29, 1.82) is 0 Å². The van der Waals surface area contributed by atoms with Gasteiger partial charge in [-0.1, -0.05) is 104 Å². The van der Waals surface area contributed by atoms with Gasteiger partial charge in [0.05, 0.1) is 6.42 Å². The Hall–Kier alpha value is -4.95. The van der Waals surface area contributed by atoms with E-state index >= 15 is 0 Å². The largest absolute Gasteiger partial charge is 0.361 e. The molecule has 4 aromatic carbocycles. The van der Waals surface area contributed by atoms with E-state index in [4.69, 9.17) is 0 Å². The number of hydrogen-bond donors (Lipinski definition) is 5. The number of aromatic amines is 1. The molecule has 5 rings (SSSR count). The van der Waals surface area contributed by atoms with Crippen molar-refractivity contribution >= 4 is 39.4 Å². The average molecular weight is 688 g/mol. The lowest BCUT2D eigenvalue weighted by molar-refractivity contribution is -0.128. The summed E-state index contributed by atoms with van der Waals surface area (Å²) < 4.78 is 0. The summed E-state index contributed by atoms with van der Waals surface area (Å²) in [6.07, 6.45) is 6.49. The van der Waals surface area contributed by atoms with Crippen LogP contribution in [0.25, 0.3) is 21.7 Å². The second-order valence-electron chi connectivity index (χ2n) is 13.9. The number of amides is 3. The van der Waals surface area contributed by atoms with E-state index in [-0.39, 0.29) is 48.1 Å². The van der Waals surface area contributed by atoms with Crippen molar-refractivity contribution in [3.63, 3.8) is 0 Å². The highest BCUT2D eigenvalue weighted by Crippen LogP contribution is 2.24. The van der Waals surface area contributed by atoms with Crippen LogP contribution in [0.3, 0.4) is 0 Å². The van der Waals surface area contributed by atoms with Gasteiger partial charge in [-0.3, -0.25) is 14.4 Å². The Bertz CT molecular complexity index is 1870. The molecule has 0 fully saturated rings. The molecule has 4 atom stereocenters. The predicted octanol–water partition coefficient (Wildman–Crippen LogP) is 6.83. The van der Waals surface area contributed by atoms with Gasteiger partial charge in [-0.15, -0.1) is 0 Å². The molecule has 0 bridgehead atoms. The van der Waals surface area contributed by atoms with Gasteiger partial charge in [0, 0.05) is 54.6 Å². The maximum absolute atomic E-state index is 14.2. The third-order valence-electron chi connectivity index (χ3n) is 9.74. The topological polar surface area (TPSA) is 115 Å². The Morgan fingerprint density at radius 3 is 2.29 bits per heavy atom. The lowest BCUT2D eigenvalue weighted by Crippen LogP contribution is -2.44. The fourth-order valence-corrected chi connectivity index (χ4v) is 7.01. The number of fused-ring (bicyclic) bond motifs is 2. The lowest BCUT2D eigenvalue weighted by atomic mass is 9.90. The van der Waals surface area contributed by atoms with E-state index in [0.717, 1.165) is 65.2 Å². The SMILES string of the molecule is CNC(=O)[C@H](C)C[C@H](CCCCNCc1ccccc1)NC(=O)[C@@H](Cc1c[nH]c2ccccc12)C[C@H](C)NC(=O)Cc1ccc2ccccc2c1. The monoisotopic (exact) mass is 687 g/mol. The van der Waals surface area contributed by atoms with Crippen molar-refractivity contribution in [2.45, 2.75) is 77.4 Å². The molecule has 8 nitrogen and oxygen atoms in total. The quantitative estimate of drug-likeness (QED) is 0.0612. The molecule has 5 N–H and O–H groups in total. The number of unbranched alkanes of at least 4 members (excludes halogenated alkanes) is 1. The van der Waals surface area contributed by atoms with Gasteiger partial charge in [-0.05, 0) is 79.1 Å². The second kappa shape index (κ2) is 18.9. The second-order valence-corrected chi connectivity index (χ2v) is 13.9. The van der Waals surface area contributed by atoms with Gasteiger partial charge in [-0.2, -0.15) is 0 Å². The molecule has 3 amide bonds. The van der Waals surface area contributed by atoms with Crippen molar-refractivity contribution < 1.29 is 14.4 Å². The van der Waals surface area contributed by atoms with E-state index in [9.17, 15) is 14.4 Å². The first-order chi connectivity index (χ1) is 24.8. The molecule has 8 heteroatoms. The van der Waals surface area contributed by atoms with E-state index in [1.165, 1.54) is 5.56 Å². The summed E-state index contributed by atoms with van der Waals surface area (Å²) in [6.45, 7) is 5.58. The molecule has 5 aromatic rings. The molecular weight excluding hydrogens is 635 g/mol. The first kappa shape index (κ1) is 37.3. The number of carbonyl (C=O) groups excluding carboxylic acids is 3. The minimum Gasteiger partial charge on any atom is -0.361 e. The van der Waals surface area contributed by atoms with Crippen LogP contribution in [0, 0.1) is 11.8 Å². The highest BCUT2D eigenvalue weighted by Gasteiger charge is 2.27. The highest BCUT2D eigenvalue weighted by atomic mass is 16.2. The molecule has 0 aliphatic carbocycles. The van der Waals surface area contributed by atoms with E-state index in [1.54, 1.807) is 7.05 Å². The Morgan fingerprint density at radius 1 is 0.745 bits per heavy atom. The van der Waals surface area contributed by atoms with Gasteiger partial charge >= 0.3 is 0 Å². The Morgan fingerprint density at radius 2 is 1.49 bits per heavy atom. The Balaban J connectivity index is 1.23. The van der Waals surface area contributed by atoms with Crippen molar-refractivity contribution in [3.05, 3.63) is 120 Å². The third-order valence-corrected chi connectivity index (χ3v) is 9.74. The first-order valence-electron chi connectivity index (χ1n) is 18.4. The number of benzene rings is 4. The summed E-state index contributed by atoms with van der Waals surface area (Å²) in [5, 5.41) is 16.1. The van der Waals surface area contributed by atoms with Crippen LogP contribution >= 0.6 is 0 Å². The average Bonchev–Trinajstić information content (AvgIpc) is 3.55. The van der Waals surface area contributed by atoms with Crippen LogP contribution in [0.5, 0.6) is 0 Å². The van der Waals surface area contributed by atoms with Crippen molar-refractivity contribution in [2.24, 2.45) is 11.8 Å². The number of aromatic nitrogens is 1. The van der Waals surface area contributed by atoms with Gasteiger partial charge in [0.1, 0.15) is 0 Å². The first-order valence-corrected chi connectivity index (χ1v) is 18.4. The molecule has 51 heavy (non-hydrogen) atoms. The molecule has 0 saturated carbocycles. The van der Waals surface area contributed by atoms with Gasteiger partial charge in [-0.25, -0.2) is 0 Å². The fraction of sp³-hybridized carbons (Fsp3) is 0.372. The molecule has 0 aliphatic rings. The molecule has 0 saturated heterocycles. The zero-order valence-electron chi connectivity index (χ0n) is 30.2. The normalized spacial score (nSPS) is 13.7. The summed E-state index contributed by atoms with van der Waals surface area (Å²) in [7, 11) is 1.65. The van der Waals surface area contributed by atoms with Gasteiger partial charge in [0.25, 0.3) is 0 Å². The van der Waals surface area contributed by atoms with Crippen LogP contribution in [0.4, 0.5) is 0 Å². The molecule has 0 aliphatic heterocycles. The van der Waals surface area contributed by atoms with Crippen molar-refractivity contribution in [1.82, 2.24) is 26.3 Å². The van der Waals surface area contributed by atoms with E-state index in [0.29, 0.717) is 19.3 Å². The minimum absolute atomic E-state index is 0.0307. The molecule has 268 valence electrons. The highest BCUT2D eigenvalue weighted by molar-refractivity contribution is 5.86. The molecule has 0 radical (unpaired) electrons. The minimum atomic E-state index is -0.384. The zero-order chi connectivity index (χ0) is 36.0. The molecule has 0 spiro atoms. The Labute approximate surface area is 302 Å². The predicted molar refractivity (Wildman–Crippen MR) is 207 cm³/mol. The summed E-state index contributed by atoms with van der Waals surface area (Å²) in [4.78, 5) is 43.3. The van der Waals surface area contributed by atoms with Crippen molar-refractivity contribution in [3.8, 4) is 0 Å². The number of carbonyl (C=O) groups is 3. The van der Waals surface area contributed by atoms with Crippen molar-refractivity contribution in [2.75, 3.05) is 13.6 Å². The lowest BCUT2D eigenvalue weighted by Gasteiger charge is -2.26. The smallest absolute Gasteiger partial charge is 0.224 e. The van der Waals surface area contributed by atoms with Gasteiger partial charge in [0.15, 0.2) is 0 Å². The number of para-hydroxylation sites is 1. The molecular formula is C43H53N5O3. The summed E-state index contributed by atoms with van der Waals surface area (Å²) >= 11 is 0. The van der Waals surface area contributed by atoms with Gasteiger partial charge in [0.2, 0.25) is 17.7 Å². The van der Waals surface area contributed by atoms with Crippen LogP contribution in [0.2, 0.25) is 0 Å². The fourth-order valence-electron chi connectivity index (χ4n) is 7.01. The van der Waals surface area contributed by atoms with Crippen LogP contribution in [-0.2, 0) is 33.8 Å². The van der Waals surface area contributed by atoms with Crippen LogP contribution < -0.4 is 21.3 Å². The molecule has 0 unspecified atom stereocenters. The number of H-pyrrole nitrogens is 1. The van der Waals surface area contributed by atoms with Crippen LogP contribution in [0.15, 0.2) is 103 Å². The maximum atomic E-state index is 14.2. The van der Waals surface area contributed by atoms with E-state index in [2.05, 4.69) is 62.6 Å². The number of hydrogen-bond acceptors (Lipinski definition) is 4. The summed E-state index contributed by atoms with van der Waals surface area (Å²) in [6, 6.07) is 32.3.